The summed E-state index contributed by atoms with van der Waals surface area (Å²) in [5.74, 6) is -0.413. The molecule has 0 atom stereocenters. The van der Waals surface area contributed by atoms with E-state index < -0.39 is 5.91 Å². The number of hydrogen-bond acceptors (Lipinski definition) is 1. The van der Waals surface area contributed by atoms with Gasteiger partial charge in [0.05, 0.1) is 0 Å². The maximum absolute atomic E-state index is 10.3. The number of rotatable bonds is 5. The van der Waals surface area contributed by atoms with Gasteiger partial charge in [0.2, 0.25) is 5.91 Å². The zero-order valence-electron chi connectivity index (χ0n) is 8.34. The first-order valence-corrected chi connectivity index (χ1v) is 4.30. The zero-order chi connectivity index (χ0) is 10.3. The van der Waals surface area contributed by atoms with Crippen molar-refractivity contribution in [3.05, 3.63) is 36.0 Å². The Morgan fingerprint density at radius 1 is 1.38 bits per heavy atom. The molecule has 13 heavy (non-hydrogen) atoms. The second kappa shape index (κ2) is 6.23. The first-order chi connectivity index (χ1) is 6.02. The van der Waals surface area contributed by atoms with Gasteiger partial charge in [-0.25, -0.2) is 0 Å². The van der Waals surface area contributed by atoms with E-state index in [2.05, 4.69) is 6.58 Å². The molecule has 72 valence electrons. The lowest BCUT2D eigenvalue weighted by molar-refractivity contribution is -0.113. The fourth-order valence-electron chi connectivity index (χ4n) is 0.801. The van der Waals surface area contributed by atoms with Crippen LogP contribution in [0.3, 0.4) is 0 Å². The van der Waals surface area contributed by atoms with Gasteiger partial charge in [0.25, 0.3) is 0 Å². The molecule has 0 aromatic rings. The molecule has 0 aliphatic rings. The molecule has 0 unspecified atom stereocenters. The summed E-state index contributed by atoms with van der Waals surface area (Å²) in [6.45, 7) is 7.84. The van der Waals surface area contributed by atoms with Crippen LogP contribution in [-0.4, -0.2) is 5.91 Å². The van der Waals surface area contributed by atoms with Gasteiger partial charge in [0.1, 0.15) is 0 Å². The number of allylic oxidation sites excluding steroid dienone is 4. The molecule has 0 saturated carbocycles. The Hall–Kier alpha value is -1.31. The highest BCUT2D eigenvalue weighted by Gasteiger charge is 1.89. The molecular formula is C11H17NO. The van der Waals surface area contributed by atoms with Crippen molar-refractivity contribution in [2.75, 3.05) is 0 Å². The van der Waals surface area contributed by atoms with E-state index in [1.54, 1.807) is 6.08 Å². The molecule has 0 aromatic heterocycles. The summed E-state index contributed by atoms with van der Waals surface area (Å²) in [6.07, 6.45) is 6.90. The molecule has 0 heterocycles. The molecule has 0 fully saturated rings. The minimum atomic E-state index is -0.413. The van der Waals surface area contributed by atoms with E-state index in [0.717, 1.165) is 12.8 Å². The van der Waals surface area contributed by atoms with Gasteiger partial charge in [-0.3, -0.25) is 4.79 Å². The van der Waals surface area contributed by atoms with Gasteiger partial charge in [-0.2, -0.15) is 0 Å². The van der Waals surface area contributed by atoms with Crippen LogP contribution in [0.15, 0.2) is 36.0 Å². The summed E-state index contributed by atoms with van der Waals surface area (Å²) in [5.41, 5.74) is 7.33. The lowest BCUT2D eigenvalue weighted by Gasteiger charge is -1.98. The average Bonchev–Trinajstić information content (AvgIpc) is 2.00. The zero-order valence-corrected chi connectivity index (χ0v) is 8.34. The number of carbonyl (C=O) groups excluding carboxylic acids is 1. The third-order valence-electron chi connectivity index (χ3n) is 1.59. The minimum Gasteiger partial charge on any atom is -0.366 e. The summed E-state index contributed by atoms with van der Waals surface area (Å²) in [5, 5.41) is 0. The van der Waals surface area contributed by atoms with Crippen LogP contribution in [0.4, 0.5) is 0 Å². The molecule has 2 heteroatoms. The monoisotopic (exact) mass is 179 g/mol. The average molecular weight is 179 g/mol. The number of carbonyl (C=O) groups is 1. The molecular weight excluding hydrogens is 162 g/mol. The molecule has 0 bridgehead atoms. The third-order valence-corrected chi connectivity index (χ3v) is 1.59. The first-order valence-electron chi connectivity index (χ1n) is 4.30. The molecule has 0 saturated heterocycles. The Balaban J connectivity index is 3.88. The molecule has 2 nitrogen and oxygen atoms in total. The van der Waals surface area contributed by atoms with Crippen LogP contribution in [0.5, 0.6) is 0 Å². The Bertz CT molecular complexity index is 249. The van der Waals surface area contributed by atoms with Crippen molar-refractivity contribution in [3.8, 4) is 0 Å². The van der Waals surface area contributed by atoms with Crippen LogP contribution in [0.25, 0.3) is 0 Å². The van der Waals surface area contributed by atoms with Crippen molar-refractivity contribution in [1.82, 2.24) is 0 Å². The quantitative estimate of drug-likeness (QED) is 0.393. The largest absolute Gasteiger partial charge is 0.366 e. The normalized spacial score (nSPS) is 12.0. The van der Waals surface area contributed by atoms with E-state index in [4.69, 9.17) is 5.73 Å². The van der Waals surface area contributed by atoms with Crippen LogP contribution in [0.1, 0.15) is 26.7 Å². The number of amides is 1. The number of primary amides is 1. The van der Waals surface area contributed by atoms with Crippen molar-refractivity contribution in [1.29, 1.82) is 0 Å². The standard InChI is InChI=1S/C11H17NO/c1-9(2)7-8-10(3)5-4-6-11(12)13/h4-6H,1,7-8H2,2-3H3,(H2,12,13). The maximum atomic E-state index is 10.3. The van der Waals surface area contributed by atoms with Gasteiger partial charge < -0.3 is 5.73 Å². The summed E-state index contributed by atoms with van der Waals surface area (Å²) in [7, 11) is 0. The Labute approximate surface area is 79.8 Å². The molecule has 0 spiro atoms. The first kappa shape index (κ1) is 11.7. The molecule has 2 N–H and O–H groups in total. The molecule has 0 rings (SSSR count). The highest BCUT2D eigenvalue weighted by molar-refractivity contribution is 5.85. The Kier molecular flexibility index (Phi) is 5.60. The van der Waals surface area contributed by atoms with Crippen LogP contribution in [0.2, 0.25) is 0 Å². The van der Waals surface area contributed by atoms with Crippen molar-refractivity contribution in [3.63, 3.8) is 0 Å². The Morgan fingerprint density at radius 3 is 2.46 bits per heavy atom. The van der Waals surface area contributed by atoms with Crippen LogP contribution < -0.4 is 5.73 Å². The Morgan fingerprint density at radius 2 is 2.00 bits per heavy atom. The smallest absolute Gasteiger partial charge is 0.241 e. The van der Waals surface area contributed by atoms with Gasteiger partial charge in [-0.15, -0.1) is 6.58 Å². The fourth-order valence-corrected chi connectivity index (χ4v) is 0.801. The summed E-state index contributed by atoms with van der Waals surface area (Å²) >= 11 is 0. The SMILES string of the molecule is C=C(C)CCC(C)=CC=CC(N)=O. The summed E-state index contributed by atoms with van der Waals surface area (Å²) < 4.78 is 0. The van der Waals surface area contributed by atoms with Gasteiger partial charge in [-0.05, 0) is 26.7 Å². The summed E-state index contributed by atoms with van der Waals surface area (Å²) in [4.78, 5) is 10.3. The van der Waals surface area contributed by atoms with Gasteiger partial charge in [-0.1, -0.05) is 23.3 Å². The number of hydrogen-bond donors (Lipinski definition) is 1. The topological polar surface area (TPSA) is 43.1 Å². The lowest BCUT2D eigenvalue weighted by atomic mass is 10.1. The predicted octanol–water partition coefficient (Wildman–Crippen LogP) is 2.33. The molecule has 0 aliphatic heterocycles. The van der Waals surface area contributed by atoms with Gasteiger partial charge in [0, 0.05) is 6.08 Å². The van der Waals surface area contributed by atoms with Crippen LogP contribution in [-0.2, 0) is 4.79 Å². The van der Waals surface area contributed by atoms with Crippen molar-refractivity contribution >= 4 is 5.91 Å². The fraction of sp³-hybridized carbons (Fsp3) is 0.364. The summed E-state index contributed by atoms with van der Waals surface area (Å²) in [6, 6.07) is 0. The second-order valence-electron chi connectivity index (χ2n) is 3.23. The van der Waals surface area contributed by atoms with Crippen LogP contribution >= 0.6 is 0 Å². The molecule has 0 aromatic carbocycles. The van der Waals surface area contributed by atoms with Crippen molar-refractivity contribution < 1.29 is 4.79 Å². The van der Waals surface area contributed by atoms with Gasteiger partial charge in [0.15, 0.2) is 0 Å². The lowest BCUT2D eigenvalue weighted by Crippen LogP contribution is -2.04. The van der Waals surface area contributed by atoms with Crippen molar-refractivity contribution in [2.24, 2.45) is 5.73 Å². The van der Waals surface area contributed by atoms with E-state index in [9.17, 15) is 4.79 Å². The minimum absolute atomic E-state index is 0.413. The van der Waals surface area contributed by atoms with Crippen molar-refractivity contribution in [2.45, 2.75) is 26.7 Å². The maximum Gasteiger partial charge on any atom is 0.241 e. The molecule has 0 radical (unpaired) electrons. The molecule has 0 aliphatic carbocycles. The second-order valence-corrected chi connectivity index (χ2v) is 3.23. The van der Waals surface area contributed by atoms with Gasteiger partial charge >= 0.3 is 0 Å². The third kappa shape index (κ3) is 8.60. The van der Waals surface area contributed by atoms with E-state index in [0.29, 0.717) is 0 Å². The molecule has 1 amide bonds. The van der Waals surface area contributed by atoms with Crippen LogP contribution in [0, 0.1) is 0 Å². The number of nitrogens with two attached hydrogens (primary N) is 1. The predicted molar refractivity (Wildman–Crippen MR) is 56.1 cm³/mol. The van der Waals surface area contributed by atoms with E-state index in [1.165, 1.54) is 17.2 Å². The van der Waals surface area contributed by atoms with E-state index in [-0.39, 0.29) is 0 Å². The van der Waals surface area contributed by atoms with E-state index in [1.807, 2.05) is 19.9 Å². The highest BCUT2D eigenvalue weighted by Crippen LogP contribution is 2.08. The highest BCUT2D eigenvalue weighted by atomic mass is 16.1. The van der Waals surface area contributed by atoms with E-state index >= 15 is 0 Å².